The highest BCUT2D eigenvalue weighted by atomic mass is 35.5. The van der Waals surface area contributed by atoms with E-state index in [4.69, 9.17) is 16.3 Å². The van der Waals surface area contributed by atoms with E-state index in [0.717, 1.165) is 24.5 Å². The number of ether oxygens (including phenoxy) is 2. The standard InChI is InChI=1S/C20H17ClF4N2O4S/c1-11-19(32(2,28)29)27-18(26-11)17(13-6-7-16(22)15(21)9-13)30-10-12-4-3-5-14(8-12)31-20(23,24)25/h3-9,17H,10H2,1-2H3,(H,26,27). The van der Waals surface area contributed by atoms with Gasteiger partial charge in [0.1, 0.15) is 23.5 Å². The molecule has 32 heavy (non-hydrogen) atoms. The second kappa shape index (κ2) is 9.08. The number of aromatic nitrogens is 2. The number of hydrogen-bond acceptors (Lipinski definition) is 5. The van der Waals surface area contributed by atoms with Gasteiger partial charge in [-0.05, 0) is 42.3 Å². The van der Waals surface area contributed by atoms with E-state index in [1.807, 2.05) is 0 Å². The normalized spacial score (nSPS) is 13.2. The van der Waals surface area contributed by atoms with Gasteiger partial charge in [-0.25, -0.2) is 17.8 Å². The lowest BCUT2D eigenvalue weighted by Crippen LogP contribution is -2.17. The number of alkyl halides is 3. The summed E-state index contributed by atoms with van der Waals surface area (Å²) in [6, 6.07) is 8.96. The maximum Gasteiger partial charge on any atom is 0.573 e. The predicted octanol–water partition coefficient (Wildman–Crippen LogP) is 5.12. The van der Waals surface area contributed by atoms with Gasteiger partial charge in [-0.15, -0.1) is 13.2 Å². The number of nitrogens with one attached hydrogen (secondary N) is 1. The van der Waals surface area contributed by atoms with Gasteiger partial charge in [-0.2, -0.15) is 0 Å². The van der Waals surface area contributed by atoms with Gasteiger partial charge < -0.3 is 14.5 Å². The van der Waals surface area contributed by atoms with Crippen molar-refractivity contribution in [1.29, 1.82) is 0 Å². The van der Waals surface area contributed by atoms with Crippen molar-refractivity contribution in [1.82, 2.24) is 9.97 Å². The summed E-state index contributed by atoms with van der Waals surface area (Å²) in [5.74, 6) is -0.986. The van der Waals surface area contributed by atoms with Gasteiger partial charge in [0.25, 0.3) is 0 Å². The number of aromatic amines is 1. The third-order valence-electron chi connectivity index (χ3n) is 4.25. The van der Waals surface area contributed by atoms with Gasteiger partial charge in [0.15, 0.2) is 14.9 Å². The number of nitrogens with zero attached hydrogens (tertiary/aromatic N) is 1. The van der Waals surface area contributed by atoms with Crippen LogP contribution in [0.2, 0.25) is 5.02 Å². The van der Waals surface area contributed by atoms with Crippen molar-refractivity contribution in [2.24, 2.45) is 0 Å². The molecule has 0 amide bonds. The number of hydrogen-bond donors (Lipinski definition) is 1. The Bertz CT molecular complexity index is 1230. The van der Waals surface area contributed by atoms with Crippen LogP contribution in [0.25, 0.3) is 0 Å². The smallest absolute Gasteiger partial charge is 0.406 e. The van der Waals surface area contributed by atoms with Crippen molar-refractivity contribution < 1.29 is 35.5 Å². The summed E-state index contributed by atoms with van der Waals surface area (Å²) in [4.78, 5) is 6.95. The fourth-order valence-corrected chi connectivity index (χ4v) is 4.03. The molecule has 0 saturated heterocycles. The van der Waals surface area contributed by atoms with Gasteiger partial charge >= 0.3 is 6.36 Å². The average molecular weight is 493 g/mol. The van der Waals surface area contributed by atoms with Crippen LogP contribution >= 0.6 is 11.6 Å². The predicted molar refractivity (Wildman–Crippen MR) is 108 cm³/mol. The summed E-state index contributed by atoms with van der Waals surface area (Å²) in [5, 5.41) is -0.377. The van der Waals surface area contributed by atoms with Crippen LogP contribution in [0.5, 0.6) is 5.75 Å². The highest BCUT2D eigenvalue weighted by molar-refractivity contribution is 7.90. The lowest BCUT2D eigenvalue weighted by atomic mass is 10.1. The van der Waals surface area contributed by atoms with Crippen LogP contribution in [-0.4, -0.2) is 31.0 Å². The highest BCUT2D eigenvalue weighted by Crippen LogP contribution is 2.31. The molecule has 1 unspecified atom stereocenters. The molecule has 0 radical (unpaired) electrons. The molecule has 12 heteroatoms. The second-order valence-corrected chi connectivity index (χ2v) is 9.22. The number of benzene rings is 2. The molecule has 1 heterocycles. The Morgan fingerprint density at radius 1 is 1.19 bits per heavy atom. The number of halogens is 5. The third-order valence-corrected chi connectivity index (χ3v) is 5.64. The van der Waals surface area contributed by atoms with E-state index in [1.165, 1.54) is 31.2 Å². The van der Waals surface area contributed by atoms with Crippen LogP contribution in [0, 0.1) is 12.7 Å². The highest BCUT2D eigenvalue weighted by Gasteiger charge is 2.31. The van der Waals surface area contributed by atoms with Crippen LogP contribution < -0.4 is 4.74 Å². The molecule has 0 aliphatic rings. The molecule has 0 spiro atoms. The van der Waals surface area contributed by atoms with E-state index in [0.29, 0.717) is 11.1 Å². The number of aryl methyl sites for hydroxylation is 1. The molecule has 0 fully saturated rings. The minimum absolute atomic E-state index is 0.105. The lowest BCUT2D eigenvalue weighted by molar-refractivity contribution is -0.274. The van der Waals surface area contributed by atoms with Crippen molar-refractivity contribution in [3.63, 3.8) is 0 Å². The van der Waals surface area contributed by atoms with Crippen LogP contribution in [0.15, 0.2) is 47.5 Å². The van der Waals surface area contributed by atoms with Gasteiger partial charge in [0, 0.05) is 6.26 Å². The first-order valence-electron chi connectivity index (χ1n) is 9.01. The Balaban J connectivity index is 1.94. The molecule has 1 atom stereocenters. The zero-order chi connectivity index (χ0) is 23.7. The molecule has 6 nitrogen and oxygen atoms in total. The Morgan fingerprint density at radius 2 is 1.91 bits per heavy atom. The molecule has 3 rings (SSSR count). The summed E-state index contributed by atoms with van der Waals surface area (Å²) in [5.41, 5.74) is 0.967. The fourth-order valence-electron chi connectivity index (χ4n) is 2.97. The molecule has 2 aromatic carbocycles. The van der Waals surface area contributed by atoms with Crippen LogP contribution in [0.1, 0.15) is 28.7 Å². The van der Waals surface area contributed by atoms with Crippen molar-refractivity contribution in [3.05, 3.63) is 75.9 Å². The summed E-state index contributed by atoms with van der Waals surface area (Å²) >= 11 is 5.87. The molecule has 0 aliphatic carbocycles. The zero-order valence-electron chi connectivity index (χ0n) is 16.7. The first-order valence-corrected chi connectivity index (χ1v) is 11.3. The van der Waals surface area contributed by atoms with Gasteiger partial charge in [-0.3, -0.25) is 0 Å². The molecule has 0 aliphatic heterocycles. The summed E-state index contributed by atoms with van der Waals surface area (Å²) in [7, 11) is -3.64. The topological polar surface area (TPSA) is 81.3 Å². The summed E-state index contributed by atoms with van der Waals surface area (Å²) in [6.45, 7) is 1.32. The SMILES string of the molecule is Cc1[nH]c(C(OCc2cccc(OC(F)(F)F)c2)c2ccc(F)c(Cl)c2)nc1S(C)(=O)=O. The first-order chi connectivity index (χ1) is 14.8. The molecule has 0 saturated carbocycles. The molecule has 0 bridgehead atoms. The largest absolute Gasteiger partial charge is 0.573 e. The van der Waals surface area contributed by atoms with Crippen LogP contribution in [0.4, 0.5) is 17.6 Å². The molecular weight excluding hydrogens is 476 g/mol. The van der Waals surface area contributed by atoms with Crippen molar-refractivity contribution >= 4 is 21.4 Å². The van der Waals surface area contributed by atoms with E-state index in [2.05, 4.69) is 14.7 Å². The summed E-state index contributed by atoms with van der Waals surface area (Å²) < 4.78 is 84.7. The van der Waals surface area contributed by atoms with Gasteiger partial charge in [-0.1, -0.05) is 29.8 Å². The van der Waals surface area contributed by atoms with E-state index < -0.39 is 33.9 Å². The quantitative estimate of drug-likeness (QED) is 0.463. The lowest BCUT2D eigenvalue weighted by Gasteiger charge is -2.17. The fraction of sp³-hybridized carbons (Fsp3) is 0.250. The van der Waals surface area contributed by atoms with Crippen molar-refractivity contribution in [3.8, 4) is 5.75 Å². The van der Waals surface area contributed by atoms with Crippen LogP contribution in [0.3, 0.4) is 0 Å². The summed E-state index contributed by atoms with van der Waals surface area (Å²) in [6.07, 6.45) is -4.87. The number of rotatable bonds is 7. The number of imidazole rings is 1. The van der Waals surface area contributed by atoms with Crippen LogP contribution in [-0.2, 0) is 21.2 Å². The Labute approximate surface area is 186 Å². The molecule has 3 aromatic rings. The minimum Gasteiger partial charge on any atom is -0.406 e. The number of H-pyrrole nitrogens is 1. The van der Waals surface area contributed by atoms with E-state index in [9.17, 15) is 26.0 Å². The van der Waals surface area contributed by atoms with E-state index in [-0.39, 0.29) is 28.2 Å². The molecule has 172 valence electrons. The molecule has 1 aromatic heterocycles. The Kier molecular flexibility index (Phi) is 6.82. The van der Waals surface area contributed by atoms with Gasteiger partial charge in [0.2, 0.25) is 0 Å². The van der Waals surface area contributed by atoms with Gasteiger partial charge in [0.05, 0.1) is 17.3 Å². The minimum atomic E-state index is -4.85. The molecule has 1 N–H and O–H groups in total. The molecular formula is C20H17ClF4N2O4S. The third kappa shape index (κ3) is 5.99. The zero-order valence-corrected chi connectivity index (χ0v) is 18.3. The van der Waals surface area contributed by atoms with Crippen molar-refractivity contribution in [2.75, 3.05) is 6.26 Å². The average Bonchev–Trinajstić information content (AvgIpc) is 3.05. The van der Waals surface area contributed by atoms with E-state index in [1.54, 1.807) is 0 Å². The Hall–Kier alpha value is -2.63. The van der Waals surface area contributed by atoms with E-state index >= 15 is 0 Å². The van der Waals surface area contributed by atoms with Crippen molar-refractivity contribution in [2.45, 2.75) is 31.0 Å². The first kappa shape index (κ1) is 24.0. The second-order valence-electron chi connectivity index (χ2n) is 6.88. The maximum atomic E-state index is 13.6. The Morgan fingerprint density at radius 3 is 2.50 bits per heavy atom. The monoisotopic (exact) mass is 492 g/mol. The number of sulfone groups is 1. The maximum absolute atomic E-state index is 13.6.